The highest BCUT2D eigenvalue weighted by Gasteiger charge is 2.28. The van der Waals surface area contributed by atoms with Crippen molar-refractivity contribution in [3.8, 4) is 0 Å². The molecule has 1 saturated carbocycles. The van der Waals surface area contributed by atoms with Gasteiger partial charge in [0.2, 0.25) is 0 Å². The fraction of sp³-hybridized carbons (Fsp3) is 0.500. The smallest absolute Gasteiger partial charge is 0.251 e. The topological polar surface area (TPSA) is 58.2 Å². The van der Waals surface area contributed by atoms with Crippen LogP contribution < -0.4 is 10.6 Å². The average Bonchev–Trinajstić information content (AvgIpc) is 2.74. The Bertz CT molecular complexity index is 852. The van der Waals surface area contributed by atoms with Gasteiger partial charge in [-0.3, -0.25) is 9.59 Å². The van der Waals surface area contributed by atoms with Gasteiger partial charge in [0.15, 0.2) is 0 Å². The van der Waals surface area contributed by atoms with Crippen LogP contribution in [0.5, 0.6) is 0 Å². The van der Waals surface area contributed by atoms with E-state index in [-0.39, 0.29) is 34.7 Å². The first-order valence-electron chi connectivity index (χ1n) is 11.8. The van der Waals surface area contributed by atoms with E-state index in [1.807, 2.05) is 48.5 Å². The zero-order valence-electron chi connectivity index (χ0n) is 20.4. The van der Waals surface area contributed by atoms with Gasteiger partial charge in [-0.05, 0) is 59.1 Å². The fourth-order valence-corrected chi connectivity index (χ4v) is 4.22. The number of amides is 2. The van der Waals surface area contributed by atoms with E-state index in [2.05, 4.69) is 52.2 Å². The first-order valence-corrected chi connectivity index (χ1v) is 11.8. The zero-order chi connectivity index (χ0) is 23.5. The van der Waals surface area contributed by atoms with Gasteiger partial charge < -0.3 is 10.6 Å². The lowest BCUT2D eigenvalue weighted by Crippen LogP contribution is -2.53. The number of benzene rings is 2. The van der Waals surface area contributed by atoms with E-state index in [1.165, 1.54) is 11.1 Å². The molecule has 2 aromatic carbocycles. The summed E-state index contributed by atoms with van der Waals surface area (Å²) in [4.78, 5) is 25.8. The third-order valence-electron chi connectivity index (χ3n) is 6.43. The Morgan fingerprint density at radius 2 is 0.938 bits per heavy atom. The molecule has 0 bridgehead atoms. The highest BCUT2D eigenvalue weighted by Crippen LogP contribution is 2.24. The van der Waals surface area contributed by atoms with Gasteiger partial charge in [0.25, 0.3) is 11.8 Å². The van der Waals surface area contributed by atoms with E-state index >= 15 is 0 Å². The van der Waals surface area contributed by atoms with E-state index in [0.717, 1.165) is 25.7 Å². The predicted octanol–water partition coefficient (Wildman–Crippen LogP) is 5.75. The third kappa shape index (κ3) is 5.99. The first-order chi connectivity index (χ1) is 14.9. The first kappa shape index (κ1) is 24.0. The molecule has 2 aromatic rings. The monoisotopic (exact) mass is 434 g/mol. The Hall–Kier alpha value is -2.62. The van der Waals surface area contributed by atoms with Crippen LogP contribution in [0.3, 0.4) is 0 Å². The van der Waals surface area contributed by atoms with Crippen molar-refractivity contribution in [1.82, 2.24) is 10.6 Å². The summed E-state index contributed by atoms with van der Waals surface area (Å²) in [6, 6.07) is 15.5. The van der Waals surface area contributed by atoms with Crippen LogP contribution in [0.25, 0.3) is 0 Å². The van der Waals surface area contributed by atoms with E-state index in [1.54, 1.807) is 0 Å². The summed E-state index contributed by atoms with van der Waals surface area (Å²) in [6.07, 6.45) is 3.86. The SMILES string of the molecule is CC(C)(C)c1ccc(C(=O)N[C@@H]2CCCC[C@H]2NC(=O)c2ccc(C(C)(C)C)cc2)cc1. The summed E-state index contributed by atoms with van der Waals surface area (Å²) in [7, 11) is 0. The molecule has 1 fully saturated rings. The number of carbonyl (C=O) groups is 2. The molecule has 0 aromatic heterocycles. The van der Waals surface area contributed by atoms with E-state index in [9.17, 15) is 9.59 Å². The zero-order valence-corrected chi connectivity index (χ0v) is 20.4. The second-order valence-corrected chi connectivity index (χ2v) is 11.1. The molecule has 4 heteroatoms. The van der Waals surface area contributed by atoms with Crippen molar-refractivity contribution in [2.45, 2.75) is 90.1 Å². The molecule has 0 saturated heterocycles. The molecule has 0 heterocycles. The molecule has 4 nitrogen and oxygen atoms in total. The molecule has 32 heavy (non-hydrogen) atoms. The largest absolute Gasteiger partial charge is 0.347 e. The number of hydrogen-bond donors (Lipinski definition) is 2. The Morgan fingerprint density at radius 3 is 1.22 bits per heavy atom. The Morgan fingerprint density at radius 1 is 0.625 bits per heavy atom. The molecular formula is C28H38N2O2. The number of rotatable bonds is 4. The number of carbonyl (C=O) groups excluding carboxylic acids is 2. The maximum atomic E-state index is 12.9. The summed E-state index contributed by atoms with van der Waals surface area (Å²) in [6.45, 7) is 13.0. The van der Waals surface area contributed by atoms with E-state index in [4.69, 9.17) is 0 Å². The minimum Gasteiger partial charge on any atom is -0.347 e. The Kier molecular flexibility index (Phi) is 7.12. The lowest BCUT2D eigenvalue weighted by atomic mass is 9.86. The van der Waals surface area contributed by atoms with Gasteiger partial charge in [-0.1, -0.05) is 78.6 Å². The van der Waals surface area contributed by atoms with Gasteiger partial charge in [0, 0.05) is 23.2 Å². The lowest BCUT2D eigenvalue weighted by molar-refractivity contribution is 0.0863. The van der Waals surface area contributed by atoms with Crippen molar-refractivity contribution >= 4 is 11.8 Å². The van der Waals surface area contributed by atoms with Gasteiger partial charge in [0.1, 0.15) is 0 Å². The van der Waals surface area contributed by atoms with E-state index in [0.29, 0.717) is 11.1 Å². The maximum Gasteiger partial charge on any atom is 0.251 e. The lowest BCUT2D eigenvalue weighted by Gasteiger charge is -2.33. The average molecular weight is 435 g/mol. The Labute approximate surface area is 193 Å². The van der Waals surface area contributed by atoms with Crippen LogP contribution in [-0.4, -0.2) is 23.9 Å². The number of nitrogens with one attached hydrogen (secondary N) is 2. The highest BCUT2D eigenvalue weighted by molar-refractivity contribution is 5.95. The van der Waals surface area contributed by atoms with Crippen LogP contribution in [0.15, 0.2) is 48.5 Å². The van der Waals surface area contributed by atoms with Crippen molar-refractivity contribution in [3.63, 3.8) is 0 Å². The van der Waals surface area contributed by atoms with Crippen LogP contribution >= 0.6 is 0 Å². The van der Waals surface area contributed by atoms with Gasteiger partial charge in [-0.15, -0.1) is 0 Å². The summed E-state index contributed by atoms with van der Waals surface area (Å²) in [5.74, 6) is -0.155. The molecule has 0 aliphatic heterocycles. The number of hydrogen-bond acceptors (Lipinski definition) is 2. The van der Waals surface area contributed by atoms with Crippen LogP contribution in [0.2, 0.25) is 0 Å². The van der Waals surface area contributed by atoms with Gasteiger partial charge in [-0.25, -0.2) is 0 Å². The molecule has 2 N–H and O–H groups in total. The molecule has 2 amide bonds. The minimum absolute atomic E-state index is 0.0544. The maximum absolute atomic E-state index is 12.9. The summed E-state index contributed by atoms with van der Waals surface area (Å²) in [5.41, 5.74) is 3.83. The molecule has 1 aliphatic carbocycles. The molecular weight excluding hydrogens is 396 g/mol. The third-order valence-corrected chi connectivity index (χ3v) is 6.43. The van der Waals surface area contributed by atoms with Crippen molar-refractivity contribution in [2.75, 3.05) is 0 Å². The quantitative estimate of drug-likeness (QED) is 0.643. The highest BCUT2D eigenvalue weighted by atomic mass is 16.2. The molecule has 0 radical (unpaired) electrons. The van der Waals surface area contributed by atoms with Crippen LogP contribution in [0.4, 0.5) is 0 Å². The van der Waals surface area contributed by atoms with Gasteiger partial charge >= 0.3 is 0 Å². The van der Waals surface area contributed by atoms with Gasteiger partial charge in [0.05, 0.1) is 0 Å². The summed E-state index contributed by atoms with van der Waals surface area (Å²) >= 11 is 0. The second-order valence-electron chi connectivity index (χ2n) is 11.1. The molecule has 2 atom stereocenters. The normalized spacial score (nSPS) is 19.3. The van der Waals surface area contributed by atoms with Crippen LogP contribution in [0.1, 0.15) is 99.1 Å². The van der Waals surface area contributed by atoms with Crippen LogP contribution in [0, 0.1) is 0 Å². The fourth-order valence-electron chi connectivity index (χ4n) is 4.22. The molecule has 1 aliphatic rings. The van der Waals surface area contributed by atoms with Crippen molar-refractivity contribution in [2.24, 2.45) is 0 Å². The van der Waals surface area contributed by atoms with Crippen molar-refractivity contribution < 1.29 is 9.59 Å². The molecule has 0 unspecified atom stereocenters. The molecule has 0 spiro atoms. The summed E-state index contributed by atoms with van der Waals surface area (Å²) < 4.78 is 0. The van der Waals surface area contributed by atoms with Crippen molar-refractivity contribution in [3.05, 3.63) is 70.8 Å². The Balaban J connectivity index is 1.65. The molecule has 172 valence electrons. The van der Waals surface area contributed by atoms with E-state index < -0.39 is 0 Å². The van der Waals surface area contributed by atoms with Crippen LogP contribution in [-0.2, 0) is 10.8 Å². The molecule has 3 rings (SSSR count). The van der Waals surface area contributed by atoms with Gasteiger partial charge in [-0.2, -0.15) is 0 Å². The minimum atomic E-state index is -0.0776. The predicted molar refractivity (Wildman–Crippen MR) is 131 cm³/mol. The summed E-state index contributed by atoms with van der Waals surface area (Å²) in [5, 5.41) is 6.35. The second kappa shape index (κ2) is 9.48. The standard InChI is InChI=1S/C28H38N2O2/c1-27(2,3)21-15-11-19(12-16-21)25(31)29-23-9-7-8-10-24(23)30-26(32)20-13-17-22(18-14-20)28(4,5)6/h11-18,23-24H,7-10H2,1-6H3,(H,29,31)(H,30,32)/t23-,24-/m1/s1. The van der Waals surface area contributed by atoms with Crippen molar-refractivity contribution in [1.29, 1.82) is 0 Å².